The molecule has 3 aromatic rings. The van der Waals surface area contributed by atoms with Crippen molar-refractivity contribution in [2.24, 2.45) is 0 Å². The van der Waals surface area contributed by atoms with Gasteiger partial charge < -0.3 is 10.1 Å². The highest BCUT2D eigenvalue weighted by Gasteiger charge is 2.16. The zero-order chi connectivity index (χ0) is 14.3. The minimum absolute atomic E-state index is 0.131. The topological polar surface area (TPSA) is 70.4 Å². The van der Waals surface area contributed by atoms with Crippen molar-refractivity contribution in [2.75, 3.05) is 0 Å². The fourth-order valence-corrected chi connectivity index (χ4v) is 2.37. The number of aromatic nitrogens is 3. The minimum Gasteiger partial charge on any atom is -0.493 e. The van der Waals surface area contributed by atoms with Crippen molar-refractivity contribution >= 4 is 5.65 Å². The standard InChI is InChI=1S/C15H15N3O2/c1-3-10-8-16-18-13(10)17-14(19)12(15(18)20)11-6-4-5-9(2)7-11/h4-8,20H,3H2,1-2H3,(H,17,19). The second-order valence-electron chi connectivity index (χ2n) is 4.81. The van der Waals surface area contributed by atoms with Gasteiger partial charge in [0.2, 0.25) is 5.88 Å². The van der Waals surface area contributed by atoms with E-state index in [1.165, 1.54) is 4.52 Å². The lowest BCUT2D eigenvalue weighted by atomic mass is 10.1. The molecular weight excluding hydrogens is 254 g/mol. The van der Waals surface area contributed by atoms with Crippen LogP contribution in [0, 0.1) is 6.92 Å². The number of nitrogens with one attached hydrogen (secondary N) is 1. The molecule has 0 aliphatic rings. The summed E-state index contributed by atoms with van der Waals surface area (Å²) in [6.45, 7) is 3.91. The molecule has 0 saturated carbocycles. The van der Waals surface area contributed by atoms with Crippen molar-refractivity contribution in [1.29, 1.82) is 0 Å². The third-order valence-electron chi connectivity index (χ3n) is 3.42. The Kier molecular flexibility index (Phi) is 2.82. The lowest BCUT2D eigenvalue weighted by molar-refractivity contribution is 0.437. The number of aryl methyl sites for hydroxylation is 2. The molecule has 2 N–H and O–H groups in total. The fraction of sp³-hybridized carbons (Fsp3) is 0.200. The summed E-state index contributed by atoms with van der Waals surface area (Å²) in [5.41, 5.74) is 3.08. The first-order chi connectivity index (χ1) is 9.61. The molecule has 2 aromatic heterocycles. The first kappa shape index (κ1) is 12.5. The summed E-state index contributed by atoms with van der Waals surface area (Å²) in [6, 6.07) is 7.46. The molecule has 0 fully saturated rings. The predicted molar refractivity (Wildman–Crippen MR) is 77.0 cm³/mol. The Morgan fingerprint density at radius 3 is 2.90 bits per heavy atom. The third kappa shape index (κ3) is 1.79. The van der Waals surface area contributed by atoms with E-state index in [1.54, 1.807) is 12.3 Å². The molecule has 0 radical (unpaired) electrons. The molecule has 20 heavy (non-hydrogen) atoms. The Morgan fingerprint density at radius 1 is 1.40 bits per heavy atom. The summed E-state index contributed by atoms with van der Waals surface area (Å²) < 4.78 is 1.37. The van der Waals surface area contributed by atoms with Crippen molar-refractivity contribution in [3.8, 4) is 17.0 Å². The van der Waals surface area contributed by atoms with Crippen LogP contribution in [0.2, 0.25) is 0 Å². The fourth-order valence-electron chi connectivity index (χ4n) is 2.37. The van der Waals surface area contributed by atoms with Crippen molar-refractivity contribution < 1.29 is 5.11 Å². The molecule has 0 aliphatic heterocycles. The maximum absolute atomic E-state index is 12.3. The zero-order valence-corrected chi connectivity index (χ0v) is 11.3. The van der Waals surface area contributed by atoms with Crippen molar-refractivity contribution in [1.82, 2.24) is 14.6 Å². The van der Waals surface area contributed by atoms with E-state index < -0.39 is 0 Å². The molecule has 5 heteroatoms. The average Bonchev–Trinajstić information content (AvgIpc) is 2.82. The van der Waals surface area contributed by atoms with Crippen LogP contribution in [0.1, 0.15) is 18.1 Å². The number of hydrogen-bond donors (Lipinski definition) is 2. The van der Waals surface area contributed by atoms with Crippen LogP contribution in [0.4, 0.5) is 0 Å². The Balaban J connectivity index is 2.35. The number of fused-ring (bicyclic) bond motifs is 1. The molecule has 102 valence electrons. The van der Waals surface area contributed by atoms with Gasteiger partial charge >= 0.3 is 0 Å². The van der Waals surface area contributed by atoms with Crippen LogP contribution in [-0.2, 0) is 6.42 Å². The molecule has 1 aromatic carbocycles. The van der Waals surface area contributed by atoms with Gasteiger partial charge in [0.1, 0.15) is 11.2 Å². The van der Waals surface area contributed by atoms with Gasteiger partial charge in [0.15, 0.2) is 0 Å². The maximum atomic E-state index is 12.3. The van der Waals surface area contributed by atoms with Crippen molar-refractivity contribution in [2.45, 2.75) is 20.3 Å². The summed E-state index contributed by atoms with van der Waals surface area (Å²) >= 11 is 0. The molecule has 0 bridgehead atoms. The number of H-pyrrole nitrogens is 1. The molecule has 0 amide bonds. The van der Waals surface area contributed by atoms with Crippen LogP contribution in [0.5, 0.6) is 5.88 Å². The molecule has 3 rings (SSSR count). The van der Waals surface area contributed by atoms with Crippen LogP contribution in [0.3, 0.4) is 0 Å². The largest absolute Gasteiger partial charge is 0.493 e. The van der Waals surface area contributed by atoms with E-state index in [2.05, 4.69) is 10.1 Å². The van der Waals surface area contributed by atoms with E-state index in [1.807, 2.05) is 32.0 Å². The van der Waals surface area contributed by atoms with Crippen LogP contribution >= 0.6 is 0 Å². The third-order valence-corrected chi connectivity index (χ3v) is 3.42. The average molecular weight is 269 g/mol. The van der Waals surface area contributed by atoms with Gasteiger partial charge in [-0.15, -0.1) is 0 Å². The Labute approximate surface area is 115 Å². The minimum atomic E-state index is -0.309. The molecule has 0 saturated heterocycles. The van der Waals surface area contributed by atoms with Gasteiger partial charge in [0.05, 0.1) is 6.20 Å². The summed E-state index contributed by atoms with van der Waals surface area (Å²) in [4.78, 5) is 15.1. The van der Waals surface area contributed by atoms with E-state index >= 15 is 0 Å². The highest BCUT2D eigenvalue weighted by Crippen LogP contribution is 2.26. The maximum Gasteiger partial charge on any atom is 0.262 e. The van der Waals surface area contributed by atoms with Gasteiger partial charge in [-0.05, 0) is 18.9 Å². The normalized spacial score (nSPS) is 11.1. The number of benzene rings is 1. The van der Waals surface area contributed by atoms with Gasteiger partial charge in [-0.1, -0.05) is 36.8 Å². The summed E-state index contributed by atoms with van der Waals surface area (Å²) in [5, 5.41) is 14.5. The monoisotopic (exact) mass is 269 g/mol. The zero-order valence-electron chi connectivity index (χ0n) is 11.3. The predicted octanol–water partition coefficient (Wildman–Crippen LogP) is 2.27. The van der Waals surface area contributed by atoms with Crippen LogP contribution in [0.25, 0.3) is 16.8 Å². The van der Waals surface area contributed by atoms with Gasteiger partial charge in [0, 0.05) is 5.56 Å². The van der Waals surface area contributed by atoms with Gasteiger partial charge in [-0.2, -0.15) is 9.61 Å². The highest BCUT2D eigenvalue weighted by atomic mass is 16.3. The molecular formula is C15H15N3O2. The molecule has 5 nitrogen and oxygen atoms in total. The molecule has 0 atom stereocenters. The molecule has 0 unspecified atom stereocenters. The van der Waals surface area contributed by atoms with Crippen molar-refractivity contribution in [3.63, 3.8) is 0 Å². The number of aromatic amines is 1. The van der Waals surface area contributed by atoms with E-state index in [4.69, 9.17) is 0 Å². The van der Waals surface area contributed by atoms with Gasteiger partial charge in [-0.3, -0.25) is 4.79 Å². The van der Waals surface area contributed by atoms with Gasteiger partial charge in [-0.25, -0.2) is 0 Å². The van der Waals surface area contributed by atoms with Crippen molar-refractivity contribution in [3.05, 3.63) is 51.9 Å². The molecule has 0 spiro atoms. The number of hydrogen-bond acceptors (Lipinski definition) is 3. The van der Waals surface area contributed by atoms with Crippen LogP contribution in [-0.4, -0.2) is 19.7 Å². The van der Waals surface area contributed by atoms with Crippen LogP contribution in [0.15, 0.2) is 35.3 Å². The first-order valence-corrected chi connectivity index (χ1v) is 6.50. The first-order valence-electron chi connectivity index (χ1n) is 6.50. The quantitative estimate of drug-likeness (QED) is 0.749. The number of aromatic hydroxyl groups is 1. The lowest BCUT2D eigenvalue weighted by Crippen LogP contribution is -2.13. The van der Waals surface area contributed by atoms with E-state index in [0.29, 0.717) is 11.2 Å². The summed E-state index contributed by atoms with van der Waals surface area (Å²) in [6.07, 6.45) is 2.40. The second kappa shape index (κ2) is 4.52. The number of nitrogens with zero attached hydrogens (tertiary/aromatic N) is 2. The Morgan fingerprint density at radius 2 is 2.20 bits per heavy atom. The van der Waals surface area contributed by atoms with Crippen LogP contribution < -0.4 is 5.56 Å². The Hall–Kier alpha value is -2.56. The van der Waals surface area contributed by atoms with E-state index in [9.17, 15) is 9.90 Å². The number of rotatable bonds is 2. The van der Waals surface area contributed by atoms with Gasteiger partial charge in [0.25, 0.3) is 5.56 Å². The Bertz CT molecular complexity index is 846. The summed E-state index contributed by atoms with van der Waals surface area (Å²) in [5.74, 6) is -0.131. The van der Waals surface area contributed by atoms with E-state index in [0.717, 1.165) is 17.5 Å². The van der Waals surface area contributed by atoms with E-state index in [-0.39, 0.29) is 17.0 Å². The summed E-state index contributed by atoms with van der Waals surface area (Å²) in [7, 11) is 0. The second-order valence-corrected chi connectivity index (χ2v) is 4.81. The lowest BCUT2D eigenvalue weighted by Gasteiger charge is -2.07. The molecule has 0 aliphatic carbocycles. The SMILES string of the molecule is CCc1cnn2c(O)c(-c3cccc(C)c3)c(=O)[nH]c12. The highest BCUT2D eigenvalue weighted by molar-refractivity contribution is 5.70. The smallest absolute Gasteiger partial charge is 0.262 e. The molecule has 2 heterocycles.